The molecule has 0 bridgehead atoms. The van der Waals surface area contributed by atoms with Gasteiger partial charge in [0, 0.05) is 25.5 Å². The van der Waals surface area contributed by atoms with Gasteiger partial charge in [-0.25, -0.2) is 0 Å². The molecular weight excluding hydrogens is 210 g/mol. The summed E-state index contributed by atoms with van der Waals surface area (Å²) in [5.74, 6) is 0.598. The van der Waals surface area contributed by atoms with E-state index >= 15 is 0 Å². The van der Waals surface area contributed by atoms with Gasteiger partial charge >= 0.3 is 0 Å². The Morgan fingerprint density at radius 2 is 1.80 bits per heavy atom. The van der Waals surface area contributed by atoms with E-state index < -0.39 is 0 Å². The number of halogens is 1. The largest absolute Gasteiger partial charge is 0.379 e. The van der Waals surface area contributed by atoms with Crippen molar-refractivity contribution in [2.75, 3.05) is 26.3 Å². The number of alkyl halides is 1. The lowest BCUT2D eigenvalue weighted by atomic mass is 10.1. The number of benzene rings is 1. The summed E-state index contributed by atoms with van der Waals surface area (Å²) in [6.45, 7) is 4.74. The molecule has 1 aromatic carbocycles. The SMILES string of the molecule is ClCc1ccccc1CN1CCOCC1. The Kier molecular flexibility index (Phi) is 4.01. The summed E-state index contributed by atoms with van der Waals surface area (Å²) in [7, 11) is 0. The second kappa shape index (κ2) is 5.50. The molecule has 0 radical (unpaired) electrons. The van der Waals surface area contributed by atoms with Crippen LogP contribution < -0.4 is 0 Å². The molecule has 82 valence electrons. The van der Waals surface area contributed by atoms with Gasteiger partial charge in [0.15, 0.2) is 0 Å². The molecule has 2 nitrogen and oxygen atoms in total. The van der Waals surface area contributed by atoms with Crippen LogP contribution in [0.3, 0.4) is 0 Å². The summed E-state index contributed by atoms with van der Waals surface area (Å²) in [5.41, 5.74) is 2.58. The fourth-order valence-electron chi connectivity index (χ4n) is 1.84. The monoisotopic (exact) mass is 225 g/mol. The molecule has 2 rings (SSSR count). The van der Waals surface area contributed by atoms with Crippen molar-refractivity contribution in [3.05, 3.63) is 35.4 Å². The zero-order valence-corrected chi connectivity index (χ0v) is 9.54. The van der Waals surface area contributed by atoms with E-state index in [1.165, 1.54) is 11.1 Å². The normalized spacial score (nSPS) is 17.9. The van der Waals surface area contributed by atoms with Gasteiger partial charge in [0.1, 0.15) is 0 Å². The van der Waals surface area contributed by atoms with Gasteiger partial charge in [-0.15, -0.1) is 11.6 Å². The van der Waals surface area contributed by atoms with E-state index in [-0.39, 0.29) is 0 Å². The molecule has 1 aliphatic rings. The van der Waals surface area contributed by atoms with Gasteiger partial charge in [0.2, 0.25) is 0 Å². The van der Waals surface area contributed by atoms with Gasteiger partial charge in [-0.1, -0.05) is 24.3 Å². The topological polar surface area (TPSA) is 12.5 Å². The lowest BCUT2D eigenvalue weighted by molar-refractivity contribution is 0.0341. The van der Waals surface area contributed by atoms with E-state index in [0.717, 1.165) is 32.8 Å². The van der Waals surface area contributed by atoms with Gasteiger partial charge < -0.3 is 4.74 Å². The predicted octanol–water partition coefficient (Wildman–Crippen LogP) is 2.26. The zero-order valence-electron chi connectivity index (χ0n) is 8.79. The highest BCUT2D eigenvalue weighted by Crippen LogP contribution is 2.14. The molecule has 1 saturated heterocycles. The Labute approximate surface area is 95.8 Å². The number of ether oxygens (including phenoxy) is 1. The van der Waals surface area contributed by atoms with E-state index in [1.807, 2.05) is 6.07 Å². The third-order valence-electron chi connectivity index (χ3n) is 2.76. The minimum Gasteiger partial charge on any atom is -0.379 e. The quantitative estimate of drug-likeness (QED) is 0.732. The molecule has 0 N–H and O–H groups in total. The molecule has 1 aromatic rings. The van der Waals surface area contributed by atoms with Gasteiger partial charge in [0.25, 0.3) is 0 Å². The van der Waals surface area contributed by atoms with Crippen molar-refractivity contribution >= 4 is 11.6 Å². The molecule has 0 spiro atoms. The minimum absolute atomic E-state index is 0.598. The number of rotatable bonds is 3. The summed E-state index contributed by atoms with van der Waals surface area (Å²) >= 11 is 5.91. The minimum atomic E-state index is 0.598. The zero-order chi connectivity index (χ0) is 10.5. The van der Waals surface area contributed by atoms with Crippen LogP contribution in [0.25, 0.3) is 0 Å². The van der Waals surface area contributed by atoms with Crippen LogP contribution in [-0.4, -0.2) is 31.2 Å². The number of nitrogens with zero attached hydrogens (tertiary/aromatic N) is 1. The van der Waals surface area contributed by atoms with Gasteiger partial charge in [-0.05, 0) is 11.1 Å². The highest BCUT2D eigenvalue weighted by atomic mass is 35.5. The van der Waals surface area contributed by atoms with Gasteiger partial charge in [-0.2, -0.15) is 0 Å². The van der Waals surface area contributed by atoms with Crippen molar-refractivity contribution in [1.29, 1.82) is 0 Å². The Bertz CT molecular complexity index is 310. The van der Waals surface area contributed by atoms with E-state index in [4.69, 9.17) is 16.3 Å². The molecule has 15 heavy (non-hydrogen) atoms. The van der Waals surface area contributed by atoms with Crippen LogP contribution in [-0.2, 0) is 17.2 Å². The fourth-order valence-corrected chi connectivity index (χ4v) is 2.10. The highest BCUT2D eigenvalue weighted by molar-refractivity contribution is 6.17. The van der Waals surface area contributed by atoms with E-state index in [0.29, 0.717) is 5.88 Å². The first-order valence-electron chi connectivity index (χ1n) is 5.33. The van der Waals surface area contributed by atoms with Crippen LogP contribution in [0.15, 0.2) is 24.3 Å². The van der Waals surface area contributed by atoms with Crippen molar-refractivity contribution in [3.8, 4) is 0 Å². The smallest absolute Gasteiger partial charge is 0.0594 e. The van der Waals surface area contributed by atoms with Crippen LogP contribution >= 0.6 is 11.6 Å². The van der Waals surface area contributed by atoms with Crippen molar-refractivity contribution in [1.82, 2.24) is 4.90 Å². The Morgan fingerprint density at radius 3 is 2.47 bits per heavy atom. The van der Waals surface area contributed by atoms with E-state index in [1.54, 1.807) is 0 Å². The first-order chi connectivity index (χ1) is 7.40. The lowest BCUT2D eigenvalue weighted by Crippen LogP contribution is -2.35. The number of morpholine rings is 1. The van der Waals surface area contributed by atoms with Crippen molar-refractivity contribution in [3.63, 3.8) is 0 Å². The van der Waals surface area contributed by atoms with Crippen molar-refractivity contribution in [2.45, 2.75) is 12.4 Å². The Hall–Kier alpha value is -0.570. The number of hydrogen-bond acceptors (Lipinski definition) is 2. The molecule has 0 unspecified atom stereocenters. The second-order valence-corrected chi connectivity index (χ2v) is 4.06. The highest BCUT2D eigenvalue weighted by Gasteiger charge is 2.11. The first-order valence-corrected chi connectivity index (χ1v) is 5.86. The Morgan fingerprint density at radius 1 is 1.13 bits per heavy atom. The molecule has 1 fully saturated rings. The molecule has 0 aliphatic carbocycles. The molecular formula is C12H16ClNO. The van der Waals surface area contributed by atoms with Crippen LogP contribution in [0.1, 0.15) is 11.1 Å². The third-order valence-corrected chi connectivity index (χ3v) is 3.05. The summed E-state index contributed by atoms with van der Waals surface area (Å²) < 4.78 is 5.33. The van der Waals surface area contributed by atoms with Crippen LogP contribution in [0.2, 0.25) is 0 Å². The molecule has 1 heterocycles. The summed E-state index contributed by atoms with van der Waals surface area (Å²) in [5, 5.41) is 0. The first kappa shape index (κ1) is 10.9. The molecule has 3 heteroatoms. The lowest BCUT2D eigenvalue weighted by Gasteiger charge is -2.27. The maximum Gasteiger partial charge on any atom is 0.0594 e. The molecule has 0 amide bonds. The van der Waals surface area contributed by atoms with Crippen LogP contribution in [0, 0.1) is 0 Å². The van der Waals surface area contributed by atoms with Gasteiger partial charge in [0.05, 0.1) is 13.2 Å². The molecule has 1 aliphatic heterocycles. The fraction of sp³-hybridized carbons (Fsp3) is 0.500. The molecule has 0 aromatic heterocycles. The predicted molar refractivity (Wildman–Crippen MR) is 62.1 cm³/mol. The third kappa shape index (κ3) is 2.94. The Balaban J connectivity index is 2.02. The second-order valence-electron chi connectivity index (χ2n) is 3.79. The van der Waals surface area contributed by atoms with Crippen molar-refractivity contribution < 1.29 is 4.74 Å². The van der Waals surface area contributed by atoms with Crippen molar-refractivity contribution in [2.24, 2.45) is 0 Å². The summed E-state index contributed by atoms with van der Waals surface area (Å²) in [4.78, 5) is 2.41. The maximum absolute atomic E-state index is 5.91. The molecule has 0 saturated carbocycles. The standard InChI is InChI=1S/C12H16ClNO/c13-9-11-3-1-2-4-12(11)10-14-5-7-15-8-6-14/h1-4H,5-10H2. The molecule has 0 atom stereocenters. The van der Waals surface area contributed by atoms with Crippen LogP contribution in [0.5, 0.6) is 0 Å². The van der Waals surface area contributed by atoms with E-state index in [2.05, 4.69) is 23.1 Å². The average molecular weight is 226 g/mol. The summed E-state index contributed by atoms with van der Waals surface area (Å²) in [6, 6.07) is 8.38. The summed E-state index contributed by atoms with van der Waals surface area (Å²) in [6.07, 6.45) is 0. The average Bonchev–Trinajstić information content (AvgIpc) is 2.31. The van der Waals surface area contributed by atoms with E-state index in [9.17, 15) is 0 Å². The van der Waals surface area contributed by atoms with Crippen LogP contribution in [0.4, 0.5) is 0 Å². The number of hydrogen-bond donors (Lipinski definition) is 0. The maximum atomic E-state index is 5.91. The van der Waals surface area contributed by atoms with Gasteiger partial charge in [-0.3, -0.25) is 4.90 Å².